The molecule has 17 nitrogen and oxygen atoms in total. The van der Waals surface area contributed by atoms with Crippen molar-refractivity contribution in [2.75, 3.05) is 0 Å². The Labute approximate surface area is 253 Å². The molecule has 0 amide bonds. The van der Waals surface area contributed by atoms with Crippen LogP contribution in [0.4, 0.5) is 0 Å². The number of fused-ring (bicyclic) bond motifs is 2. The number of rotatable bonds is 6. The lowest BCUT2D eigenvalue weighted by molar-refractivity contribution is 0.393. The van der Waals surface area contributed by atoms with Gasteiger partial charge < -0.3 is 4.52 Å². The molecule has 0 aliphatic carbocycles. The van der Waals surface area contributed by atoms with Gasteiger partial charge in [0, 0.05) is 50.1 Å². The summed E-state index contributed by atoms with van der Waals surface area (Å²) in [4.78, 5) is 9.88. The van der Waals surface area contributed by atoms with E-state index in [0.717, 1.165) is 11.1 Å². The lowest BCUT2D eigenvalue weighted by Gasteiger charge is -2.21. The van der Waals surface area contributed by atoms with E-state index in [9.17, 15) is 0 Å². The molecule has 18 heteroatoms. The molecule has 9 aromatic rings. The Kier molecular flexibility index (Phi) is 5.50. The summed E-state index contributed by atoms with van der Waals surface area (Å²) in [5, 5.41) is 52.9. The van der Waals surface area contributed by atoms with Gasteiger partial charge in [-0.05, 0) is 46.2 Å². The van der Waals surface area contributed by atoms with Crippen LogP contribution in [-0.2, 0) is 0 Å². The highest BCUT2D eigenvalue weighted by atomic mass is 32.1. The molecule has 214 valence electrons. The molecule has 0 aliphatic heterocycles. The molecule has 0 spiro atoms. The minimum atomic E-state index is 0.369. The number of pyridine rings is 2. The number of benzene rings is 2. The fourth-order valence-electron chi connectivity index (χ4n) is 5.56. The summed E-state index contributed by atoms with van der Waals surface area (Å²) in [6.45, 7) is 0. The van der Waals surface area contributed by atoms with E-state index >= 15 is 0 Å². The molecule has 45 heavy (non-hydrogen) atoms. The maximum Gasteiger partial charge on any atom is 0.182 e. The van der Waals surface area contributed by atoms with Crippen molar-refractivity contribution in [1.82, 2.24) is 81.4 Å². The number of aromatic nitrogens is 16. The first-order valence-electron chi connectivity index (χ1n) is 13.3. The highest BCUT2D eigenvalue weighted by Gasteiger charge is 2.31. The molecule has 2 aromatic carbocycles. The van der Waals surface area contributed by atoms with Crippen LogP contribution in [0.5, 0.6) is 0 Å². The van der Waals surface area contributed by atoms with Gasteiger partial charge in [-0.15, -0.1) is 25.5 Å². The highest BCUT2D eigenvalue weighted by Crippen LogP contribution is 2.50. The predicted molar refractivity (Wildman–Crippen MR) is 159 cm³/mol. The van der Waals surface area contributed by atoms with Crippen LogP contribution in [-0.4, -0.2) is 81.4 Å². The average Bonchev–Trinajstić information content (AvgIpc) is 3.93. The first kappa shape index (κ1) is 24.9. The van der Waals surface area contributed by atoms with Crippen molar-refractivity contribution in [1.29, 1.82) is 0 Å². The molecule has 9 rings (SSSR count). The molecule has 0 saturated carbocycles. The Morgan fingerprint density at radius 2 is 1.73 bits per heavy atom. The van der Waals surface area contributed by atoms with E-state index in [1.54, 1.807) is 12.4 Å². The average molecular weight is 611 g/mol. The number of hydrogen-bond acceptors (Lipinski definition) is 15. The van der Waals surface area contributed by atoms with E-state index in [1.165, 1.54) is 17.8 Å². The Bertz CT molecular complexity index is 2420. The summed E-state index contributed by atoms with van der Waals surface area (Å²) in [5.74, 6) is 0.369. The Morgan fingerprint density at radius 3 is 2.51 bits per heavy atom. The molecule has 0 fully saturated rings. The Hall–Kier alpha value is -6.69. The summed E-state index contributed by atoms with van der Waals surface area (Å²) in [5.41, 5.74) is 8.61. The highest BCUT2D eigenvalue weighted by molar-refractivity contribution is 7.03. The zero-order valence-corrected chi connectivity index (χ0v) is 23.3. The third-order valence-corrected chi connectivity index (χ3v) is 7.82. The molecular weight excluding hydrogens is 596 g/mol. The summed E-state index contributed by atoms with van der Waals surface area (Å²) in [7, 11) is 0. The van der Waals surface area contributed by atoms with Crippen molar-refractivity contribution in [3.63, 3.8) is 0 Å². The van der Waals surface area contributed by atoms with Crippen molar-refractivity contribution in [3.05, 3.63) is 66.5 Å². The maximum atomic E-state index is 5.23. The predicted octanol–water partition coefficient (Wildman–Crippen LogP) is 3.77. The first-order valence-corrected chi connectivity index (χ1v) is 14.1. The molecule has 7 heterocycles. The van der Waals surface area contributed by atoms with Crippen LogP contribution in [0.1, 0.15) is 0 Å². The van der Waals surface area contributed by atoms with E-state index < -0.39 is 0 Å². The van der Waals surface area contributed by atoms with Crippen LogP contribution in [0.25, 0.3) is 89.6 Å². The van der Waals surface area contributed by atoms with Crippen molar-refractivity contribution in [2.24, 2.45) is 0 Å². The van der Waals surface area contributed by atoms with Crippen LogP contribution in [0.15, 0.2) is 71.0 Å². The monoisotopic (exact) mass is 610 g/mol. The van der Waals surface area contributed by atoms with Gasteiger partial charge in [0.2, 0.25) is 0 Å². The SMILES string of the molecule is c1ccc(-c2nc3cc(-c4conn4)c(-c4csnn4)c(-c4c[nH]nn4)c3c(-c3cccc4[nH]nnc34)c2-c2nnn[nH]2)nc1. The number of aromatic amines is 3. The fourth-order valence-corrected chi connectivity index (χ4v) is 6.01. The molecule has 0 aliphatic rings. The summed E-state index contributed by atoms with van der Waals surface area (Å²) < 4.78 is 9.33. The van der Waals surface area contributed by atoms with E-state index in [-0.39, 0.29) is 0 Å². The van der Waals surface area contributed by atoms with Gasteiger partial charge in [-0.25, -0.2) is 10.1 Å². The van der Waals surface area contributed by atoms with Gasteiger partial charge in [0.05, 0.1) is 28.5 Å². The largest absolute Gasteiger partial charge is 0.345 e. The van der Waals surface area contributed by atoms with Crippen LogP contribution in [0, 0.1) is 0 Å². The summed E-state index contributed by atoms with van der Waals surface area (Å²) >= 11 is 1.21. The smallest absolute Gasteiger partial charge is 0.182 e. The second-order valence-corrected chi connectivity index (χ2v) is 10.3. The number of nitrogens with one attached hydrogen (secondary N) is 3. The maximum absolute atomic E-state index is 5.23. The van der Waals surface area contributed by atoms with E-state index in [4.69, 9.17) is 9.51 Å². The van der Waals surface area contributed by atoms with Crippen molar-refractivity contribution in [2.45, 2.75) is 0 Å². The minimum Gasteiger partial charge on any atom is -0.345 e. The molecule has 0 atom stereocenters. The fraction of sp³-hybridized carbons (Fsp3) is 0. The van der Waals surface area contributed by atoms with Crippen LogP contribution < -0.4 is 0 Å². The number of tetrazole rings is 1. The number of hydrogen-bond donors (Lipinski definition) is 3. The quantitative estimate of drug-likeness (QED) is 0.243. The second-order valence-electron chi connectivity index (χ2n) is 9.70. The number of H-pyrrole nitrogens is 3. The van der Waals surface area contributed by atoms with Gasteiger partial charge in [0.15, 0.2) is 12.1 Å². The third kappa shape index (κ3) is 3.89. The lowest BCUT2D eigenvalue weighted by Crippen LogP contribution is -2.03. The van der Waals surface area contributed by atoms with Crippen molar-refractivity contribution >= 4 is 33.5 Å². The van der Waals surface area contributed by atoms with Gasteiger partial charge >= 0.3 is 0 Å². The zero-order valence-electron chi connectivity index (χ0n) is 22.5. The normalized spacial score (nSPS) is 11.6. The van der Waals surface area contributed by atoms with Crippen LogP contribution >= 0.6 is 11.5 Å². The van der Waals surface area contributed by atoms with Crippen LogP contribution in [0.3, 0.4) is 0 Å². The molecule has 0 unspecified atom stereocenters. The molecular formula is C27H14N16OS. The van der Waals surface area contributed by atoms with Crippen LogP contribution in [0.2, 0.25) is 0 Å². The molecule has 0 radical (unpaired) electrons. The molecule has 7 aromatic heterocycles. The Balaban J connectivity index is 1.58. The molecule has 3 N–H and O–H groups in total. The lowest BCUT2D eigenvalue weighted by atomic mass is 9.84. The topological polar surface area (TPSA) is 228 Å². The van der Waals surface area contributed by atoms with Crippen molar-refractivity contribution < 1.29 is 4.52 Å². The third-order valence-electron chi connectivity index (χ3n) is 7.32. The molecule has 0 bridgehead atoms. The van der Waals surface area contributed by atoms with Gasteiger partial charge in [-0.3, -0.25) is 15.2 Å². The number of nitrogens with zero attached hydrogens (tertiary/aromatic N) is 13. The van der Waals surface area contributed by atoms with Gasteiger partial charge in [-0.2, -0.15) is 0 Å². The minimum absolute atomic E-state index is 0.369. The van der Waals surface area contributed by atoms with Gasteiger partial charge in [0.1, 0.15) is 28.3 Å². The molecule has 0 saturated heterocycles. The van der Waals surface area contributed by atoms with E-state index in [0.29, 0.717) is 78.5 Å². The van der Waals surface area contributed by atoms with Crippen molar-refractivity contribution in [3.8, 4) is 67.7 Å². The van der Waals surface area contributed by atoms with E-state index in [2.05, 4.69) is 76.4 Å². The van der Waals surface area contributed by atoms with Gasteiger partial charge in [0.25, 0.3) is 0 Å². The van der Waals surface area contributed by atoms with Gasteiger partial charge in [-0.1, -0.05) is 33.1 Å². The first-order chi connectivity index (χ1) is 22.3. The summed E-state index contributed by atoms with van der Waals surface area (Å²) in [6, 6.07) is 13.3. The second kappa shape index (κ2) is 9.95. The van der Waals surface area contributed by atoms with E-state index in [1.807, 2.05) is 47.8 Å². The standard InChI is InChI=1S/C27H14N16OS/c1-2-7-28-14(5-1)26-24(27-36-40-41-37-27)21(12-4-3-6-15-25(12)35-39-31-15)22-16(30-26)8-13(18-10-44-42-33-18)20(19-11-45-43-34-19)23(22)17-9-29-38-32-17/h1-11H,(H,29,32,38)(H,31,35,39)(H,36,37,40,41). The summed E-state index contributed by atoms with van der Waals surface area (Å²) in [6.07, 6.45) is 4.86. The Morgan fingerprint density at radius 1 is 0.733 bits per heavy atom. The zero-order chi connectivity index (χ0) is 29.7.